The van der Waals surface area contributed by atoms with E-state index >= 15 is 0 Å². The summed E-state index contributed by atoms with van der Waals surface area (Å²) in [5, 5.41) is 1.05. The molecule has 94 valence electrons. The van der Waals surface area contributed by atoms with E-state index in [1.165, 1.54) is 0 Å². The van der Waals surface area contributed by atoms with Gasteiger partial charge in [0, 0.05) is 44.1 Å². The quantitative estimate of drug-likeness (QED) is 0.790. The second kappa shape index (κ2) is 6.21. The van der Waals surface area contributed by atoms with Crippen LogP contribution in [0.2, 0.25) is 0 Å². The highest BCUT2D eigenvalue weighted by atomic mass is 79.9. The van der Waals surface area contributed by atoms with Gasteiger partial charge in [0.15, 0.2) is 0 Å². The number of piperazine rings is 1. The van der Waals surface area contributed by atoms with Crippen LogP contribution < -0.4 is 9.64 Å². The van der Waals surface area contributed by atoms with Gasteiger partial charge in [-0.05, 0) is 6.07 Å². The number of anilines is 1. The molecule has 0 amide bonds. The summed E-state index contributed by atoms with van der Waals surface area (Å²) in [6.45, 7) is 5.40. The van der Waals surface area contributed by atoms with Crippen LogP contribution in [0.4, 0.5) is 5.82 Å². The lowest BCUT2D eigenvalue weighted by atomic mass is 10.3. The van der Waals surface area contributed by atoms with Gasteiger partial charge in [0.2, 0.25) is 5.88 Å². The molecule has 0 unspecified atom stereocenters. The molecule has 1 aliphatic heterocycles. The Morgan fingerprint density at radius 1 is 1.29 bits per heavy atom. The van der Waals surface area contributed by atoms with Gasteiger partial charge in [-0.3, -0.25) is 4.90 Å². The van der Waals surface area contributed by atoms with Crippen molar-refractivity contribution in [2.45, 2.75) is 0 Å². The summed E-state index contributed by atoms with van der Waals surface area (Å²) in [5.74, 6) is 1.70. The molecule has 0 saturated carbocycles. The zero-order valence-electron chi connectivity index (χ0n) is 10.1. The van der Waals surface area contributed by atoms with E-state index in [9.17, 15) is 0 Å². The fourth-order valence-electron chi connectivity index (χ4n) is 2.01. The highest BCUT2D eigenvalue weighted by Gasteiger charge is 2.17. The van der Waals surface area contributed by atoms with E-state index < -0.39 is 0 Å². The Morgan fingerprint density at radius 3 is 2.71 bits per heavy atom. The zero-order valence-corrected chi connectivity index (χ0v) is 11.7. The second-order valence-electron chi connectivity index (χ2n) is 4.06. The molecule has 2 rings (SSSR count). The average molecular weight is 300 g/mol. The van der Waals surface area contributed by atoms with E-state index in [0.29, 0.717) is 5.88 Å². The Balaban J connectivity index is 1.95. The fourth-order valence-corrected chi connectivity index (χ4v) is 2.52. The standard InChI is InChI=1S/C12H18BrN3O/c1-17-12-4-2-3-11(14-12)16-9-7-15(6-5-13)8-10-16/h2-4H,5-10H2,1H3. The summed E-state index contributed by atoms with van der Waals surface area (Å²) in [6.07, 6.45) is 0. The lowest BCUT2D eigenvalue weighted by Gasteiger charge is -2.35. The van der Waals surface area contributed by atoms with Crippen molar-refractivity contribution < 1.29 is 4.74 Å². The number of methoxy groups -OCH3 is 1. The molecule has 2 heterocycles. The van der Waals surface area contributed by atoms with E-state index in [2.05, 4.69) is 30.7 Å². The van der Waals surface area contributed by atoms with Crippen LogP contribution >= 0.6 is 15.9 Å². The summed E-state index contributed by atoms with van der Waals surface area (Å²) in [5.41, 5.74) is 0. The maximum Gasteiger partial charge on any atom is 0.214 e. The molecule has 1 aromatic rings. The lowest BCUT2D eigenvalue weighted by molar-refractivity contribution is 0.273. The zero-order chi connectivity index (χ0) is 12.1. The third-order valence-electron chi connectivity index (χ3n) is 3.02. The topological polar surface area (TPSA) is 28.6 Å². The Kier molecular flexibility index (Phi) is 4.62. The molecule has 0 N–H and O–H groups in total. The molecule has 4 nitrogen and oxygen atoms in total. The number of aromatic nitrogens is 1. The van der Waals surface area contributed by atoms with Gasteiger partial charge < -0.3 is 9.64 Å². The van der Waals surface area contributed by atoms with Crippen LogP contribution in [0.25, 0.3) is 0 Å². The second-order valence-corrected chi connectivity index (χ2v) is 4.85. The van der Waals surface area contributed by atoms with E-state index in [4.69, 9.17) is 4.74 Å². The number of pyridine rings is 1. The number of alkyl halides is 1. The first kappa shape index (κ1) is 12.6. The number of rotatable bonds is 4. The van der Waals surface area contributed by atoms with Crippen molar-refractivity contribution in [2.24, 2.45) is 0 Å². The fraction of sp³-hybridized carbons (Fsp3) is 0.583. The van der Waals surface area contributed by atoms with Crippen LogP contribution in [-0.4, -0.2) is 55.0 Å². The van der Waals surface area contributed by atoms with E-state index in [1.807, 2.05) is 18.2 Å². The number of halogens is 1. The molecule has 0 aliphatic carbocycles. The predicted molar refractivity (Wildman–Crippen MR) is 73.2 cm³/mol. The predicted octanol–water partition coefficient (Wildman–Crippen LogP) is 1.61. The molecule has 1 saturated heterocycles. The number of nitrogens with zero attached hydrogens (tertiary/aromatic N) is 3. The summed E-state index contributed by atoms with van der Waals surface area (Å²) in [7, 11) is 1.65. The Bertz CT molecular complexity index is 353. The van der Waals surface area contributed by atoms with Gasteiger partial charge in [0.25, 0.3) is 0 Å². The van der Waals surface area contributed by atoms with Crippen molar-refractivity contribution in [3.05, 3.63) is 18.2 Å². The van der Waals surface area contributed by atoms with E-state index in [0.717, 1.165) is 43.9 Å². The molecule has 0 spiro atoms. The third-order valence-corrected chi connectivity index (χ3v) is 3.37. The number of ether oxygens (including phenoxy) is 1. The van der Waals surface area contributed by atoms with Crippen molar-refractivity contribution in [3.63, 3.8) is 0 Å². The molecule has 1 fully saturated rings. The minimum atomic E-state index is 0.686. The molecule has 0 radical (unpaired) electrons. The van der Waals surface area contributed by atoms with E-state index in [-0.39, 0.29) is 0 Å². The Hall–Kier alpha value is -0.810. The van der Waals surface area contributed by atoms with Crippen LogP contribution in [0.15, 0.2) is 18.2 Å². The SMILES string of the molecule is COc1cccc(N2CCN(CCBr)CC2)n1. The van der Waals surface area contributed by atoms with E-state index in [1.54, 1.807) is 7.11 Å². The molecule has 0 atom stereocenters. The Morgan fingerprint density at radius 2 is 2.06 bits per heavy atom. The third kappa shape index (κ3) is 3.33. The van der Waals surface area contributed by atoms with Crippen molar-refractivity contribution in [3.8, 4) is 5.88 Å². The summed E-state index contributed by atoms with van der Waals surface area (Å²) >= 11 is 3.48. The van der Waals surface area contributed by atoms with Gasteiger partial charge in [0.1, 0.15) is 5.82 Å². The van der Waals surface area contributed by atoms with Crippen LogP contribution in [0.3, 0.4) is 0 Å². The van der Waals surface area contributed by atoms with Gasteiger partial charge in [0.05, 0.1) is 7.11 Å². The first-order valence-corrected chi connectivity index (χ1v) is 7.00. The molecule has 5 heteroatoms. The van der Waals surface area contributed by atoms with Crippen molar-refractivity contribution in [1.29, 1.82) is 0 Å². The lowest BCUT2D eigenvalue weighted by Crippen LogP contribution is -2.47. The van der Waals surface area contributed by atoms with Gasteiger partial charge in [-0.15, -0.1) is 0 Å². The first-order valence-electron chi connectivity index (χ1n) is 5.88. The highest BCUT2D eigenvalue weighted by Crippen LogP contribution is 2.17. The molecule has 1 aliphatic rings. The van der Waals surface area contributed by atoms with Crippen LogP contribution in [0.1, 0.15) is 0 Å². The van der Waals surface area contributed by atoms with Crippen molar-refractivity contribution >= 4 is 21.7 Å². The van der Waals surface area contributed by atoms with Crippen molar-refractivity contribution in [1.82, 2.24) is 9.88 Å². The van der Waals surface area contributed by atoms with Gasteiger partial charge in [-0.1, -0.05) is 22.0 Å². The van der Waals surface area contributed by atoms with Crippen LogP contribution in [0, 0.1) is 0 Å². The Labute approximate surface area is 111 Å². The normalized spacial score (nSPS) is 17.2. The average Bonchev–Trinajstić information content (AvgIpc) is 2.40. The largest absolute Gasteiger partial charge is 0.481 e. The smallest absolute Gasteiger partial charge is 0.214 e. The highest BCUT2D eigenvalue weighted by molar-refractivity contribution is 9.09. The molecule has 1 aromatic heterocycles. The number of hydrogen-bond acceptors (Lipinski definition) is 4. The van der Waals surface area contributed by atoms with Crippen molar-refractivity contribution in [2.75, 3.05) is 50.1 Å². The van der Waals surface area contributed by atoms with Crippen LogP contribution in [-0.2, 0) is 0 Å². The molecule has 0 bridgehead atoms. The maximum absolute atomic E-state index is 5.15. The molecular formula is C12H18BrN3O. The molecule has 0 aromatic carbocycles. The summed E-state index contributed by atoms with van der Waals surface area (Å²) in [4.78, 5) is 9.24. The minimum absolute atomic E-state index is 0.686. The summed E-state index contributed by atoms with van der Waals surface area (Å²) < 4.78 is 5.15. The first-order chi connectivity index (χ1) is 8.33. The number of hydrogen-bond donors (Lipinski definition) is 0. The van der Waals surface area contributed by atoms with Gasteiger partial charge in [-0.2, -0.15) is 4.98 Å². The van der Waals surface area contributed by atoms with Crippen LogP contribution in [0.5, 0.6) is 5.88 Å². The molecule has 17 heavy (non-hydrogen) atoms. The minimum Gasteiger partial charge on any atom is -0.481 e. The van der Waals surface area contributed by atoms with Gasteiger partial charge in [-0.25, -0.2) is 0 Å². The van der Waals surface area contributed by atoms with Gasteiger partial charge >= 0.3 is 0 Å². The molecular weight excluding hydrogens is 282 g/mol. The maximum atomic E-state index is 5.15. The summed E-state index contributed by atoms with van der Waals surface area (Å²) in [6, 6.07) is 5.92. The monoisotopic (exact) mass is 299 g/mol.